The number of rotatable bonds is 4. The Labute approximate surface area is 149 Å². The number of nitrogens with zero attached hydrogens (tertiary/aromatic N) is 4. The van der Waals surface area contributed by atoms with E-state index in [0.717, 1.165) is 41.5 Å². The lowest BCUT2D eigenvalue weighted by molar-refractivity contribution is 0.0745. The van der Waals surface area contributed by atoms with E-state index in [0.29, 0.717) is 19.7 Å². The van der Waals surface area contributed by atoms with E-state index in [1.54, 1.807) is 4.68 Å². The number of ether oxygens (including phenoxy) is 1. The molecule has 0 radical (unpaired) electrons. The van der Waals surface area contributed by atoms with E-state index in [4.69, 9.17) is 4.74 Å². The number of anilines is 1. The molecule has 1 aromatic heterocycles. The molecular weight excluding hydrogens is 316 g/mol. The smallest absolute Gasteiger partial charge is 0.257 e. The molecule has 3 rings (SSSR count). The summed E-state index contributed by atoms with van der Waals surface area (Å²) >= 11 is 0. The SMILES string of the molecule is CCOc1ccccc1N1CCN(C(=O)c2c(C)nn(C)c2C)CC1. The van der Waals surface area contributed by atoms with Crippen LogP contribution in [0.15, 0.2) is 24.3 Å². The van der Waals surface area contributed by atoms with E-state index in [1.807, 2.05) is 50.9 Å². The molecule has 6 heteroatoms. The van der Waals surface area contributed by atoms with E-state index in [9.17, 15) is 4.79 Å². The van der Waals surface area contributed by atoms with Crippen LogP contribution in [-0.2, 0) is 7.05 Å². The second-order valence-corrected chi connectivity index (χ2v) is 6.35. The lowest BCUT2D eigenvalue weighted by Gasteiger charge is -2.36. The van der Waals surface area contributed by atoms with Gasteiger partial charge in [0, 0.05) is 38.9 Å². The number of hydrogen-bond donors (Lipinski definition) is 0. The van der Waals surface area contributed by atoms with Crippen molar-refractivity contribution in [1.82, 2.24) is 14.7 Å². The van der Waals surface area contributed by atoms with Crippen LogP contribution in [0.1, 0.15) is 28.7 Å². The zero-order chi connectivity index (χ0) is 18.0. The molecule has 0 atom stereocenters. The molecule has 134 valence electrons. The second-order valence-electron chi connectivity index (χ2n) is 6.35. The van der Waals surface area contributed by atoms with Crippen molar-refractivity contribution in [3.05, 3.63) is 41.2 Å². The maximum Gasteiger partial charge on any atom is 0.257 e. The molecule has 0 saturated carbocycles. The summed E-state index contributed by atoms with van der Waals surface area (Å²) in [5, 5.41) is 4.36. The lowest BCUT2D eigenvalue weighted by atomic mass is 10.1. The van der Waals surface area contributed by atoms with Gasteiger partial charge >= 0.3 is 0 Å². The predicted molar refractivity (Wildman–Crippen MR) is 98.4 cm³/mol. The first-order chi connectivity index (χ1) is 12.0. The largest absolute Gasteiger partial charge is 0.492 e. The minimum Gasteiger partial charge on any atom is -0.492 e. The van der Waals surface area contributed by atoms with E-state index in [-0.39, 0.29) is 5.91 Å². The maximum absolute atomic E-state index is 12.9. The number of carbonyl (C=O) groups excluding carboxylic acids is 1. The van der Waals surface area contributed by atoms with Crippen molar-refractivity contribution in [3.63, 3.8) is 0 Å². The summed E-state index contributed by atoms with van der Waals surface area (Å²) in [4.78, 5) is 17.1. The van der Waals surface area contributed by atoms with E-state index < -0.39 is 0 Å². The van der Waals surface area contributed by atoms with Crippen molar-refractivity contribution in [3.8, 4) is 5.75 Å². The third-order valence-electron chi connectivity index (χ3n) is 4.80. The molecule has 1 saturated heterocycles. The number of aromatic nitrogens is 2. The third-order valence-corrected chi connectivity index (χ3v) is 4.80. The van der Waals surface area contributed by atoms with Crippen molar-refractivity contribution in [2.45, 2.75) is 20.8 Å². The summed E-state index contributed by atoms with van der Waals surface area (Å²) in [7, 11) is 1.88. The maximum atomic E-state index is 12.9. The molecule has 1 fully saturated rings. The molecule has 6 nitrogen and oxygen atoms in total. The highest BCUT2D eigenvalue weighted by Gasteiger charge is 2.27. The number of para-hydroxylation sites is 2. The summed E-state index contributed by atoms with van der Waals surface area (Å²) in [5.41, 5.74) is 3.57. The quantitative estimate of drug-likeness (QED) is 0.856. The first-order valence-corrected chi connectivity index (χ1v) is 8.79. The molecule has 2 aromatic rings. The zero-order valence-electron chi connectivity index (χ0n) is 15.5. The predicted octanol–water partition coefficient (Wildman–Crippen LogP) is 2.40. The van der Waals surface area contributed by atoms with Crippen molar-refractivity contribution < 1.29 is 9.53 Å². The van der Waals surface area contributed by atoms with Gasteiger partial charge in [0.15, 0.2) is 0 Å². The van der Waals surface area contributed by atoms with E-state index in [1.165, 1.54) is 0 Å². The summed E-state index contributed by atoms with van der Waals surface area (Å²) in [6.07, 6.45) is 0. The van der Waals surface area contributed by atoms with Gasteiger partial charge in [-0.1, -0.05) is 12.1 Å². The Morgan fingerprint density at radius 3 is 2.44 bits per heavy atom. The number of benzene rings is 1. The number of piperazine rings is 1. The van der Waals surface area contributed by atoms with Crippen molar-refractivity contribution in [2.75, 3.05) is 37.7 Å². The Kier molecular flexibility index (Phi) is 4.97. The van der Waals surface area contributed by atoms with Gasteiger partial charge in [-0.2, -0.15) is 5.10 Å². The van der Waals surface area contributed by atoms with Crippen LogP contribution in [0.25, 0.3) is 0 Å². The van der Waals surface area contributed by atoms with Gasteiger partial charge < -0.3 is 14.5 Å². The highest BCUT2D eigenvalue weighted by atomic mass is 16.5. The first kappa shape index (κ1) is 17.3. The third kappa shape index (κ3) is 3.34. The summed E-state index contributed by atoms with van der Waals surface area (Å²) < 4.78 is 7.51. The Hall–Kier alpha value is -2.50. The van der Waals surface area contributed by atoms with E-state index >= 15 is 0 Å². The highest BCUT2D eigenvalue weighted by Crippen LogP contribution is 2.29. The van der Waals surface area contributed by atoms with Crippen LogP contribution in [0.4, 0.5) is 5.69 Å². The number of amides is 1. The van der Waals surface area contributed by atoms with Crippen LogP contribution in [0.2, 0.25) is 0 Å². The van der Waals surface area contributed by atoms with Crippen molar-refractivity contribution >= 4 is 11.6 Å². The van der Waals surface area contributed by atoms with Gasteiger partial charge in [-0.05, 0) is 32.9 Å². The van der Waals surface area contributed by atoms with Crippen LogP contribution in [-0.4, -0.2) is 53.4 Å². The monoisotopic (exact) mass is 342 g/mol. The molecule has 0 N–H and O–H groups in total. The Bertz CT molecular complexity index is 761. The van der Waals surface area contributed by atoms with Gasteiger partial charge in [0.05, 0.1) is 23.6 Å². The second kappa shape index (κ2) is 7.17. The lowest BCUT2D eigenvalue weighted by Crippen LogP contribution is -2.49. The topological polar surface area (TPSA) is 50.6 Å². The Morgan fingerprint density at radius 1 is 1.16 bits per heavy atom. The number of aryl methyl sites for hydroxylation is 2. The van der Waals surface area contributed by atoms with Gasteiger partial charge in [0.25, 0.3) is 5.91 Å². The van der Waals surface area contributed by atoms with Crippen LogP contribution in [0.5, 0.6) is 5.75 Å². The van der Waals surface area contributed by atoms with Crippen LogP contribution in [0.3, 0.4) is 0 Å². The summed E-state index contributed by atoms with van der Waals surface area (Å²) in [6.45, 7) is 9.49. The van der Waals surface area contributed by atoms with E-state index in [2.05, 4.69) is 16.1 Å². The Morgan fingerprint density at radius 2 is 1.84 bits per heavy atom. The minimum absolute atomic E-state index is 0.0841. The fraction of sp³-hybridized carbons (Fsp3) is 0.474. The number of hydrogen-bond acceptors (Lipinski definition) is 4. The molecule has 0 spiro atoms. The average Bonchev–Trinajstić information content (AvgIpc) is 2.87. The highest BCUT2D eigenvalue weighted by molar-refractivity contribution is 5.96. The van der Waals surface area contributed by atoms with Crippen LogP contribution >= 0.6 is 0 Å². The molecule has 25 heavy (non-hydrogen) atoms. The molecule has 1 aliphatic rings. The molecule has 2 heterocycles. The van der Waals surface area contributed by atoms with Gasteiger partial charge in [-0.3, -0.25) is 9.48 Å². The summed E-state index contributed by atoms with van der Waals surface area (Å²) in [6, 6.07) is 8.09. The van der Waals surface area contributed by atoms with Crippen LogP contribution in [0, 0.1) is 13.8 Å². The molecule has 1 aromatic carbocycles. The molecule has 0 aliphatic carbocycles. The Balaban J connectivity index is 1.71. The van der Waals surface area contributed by atoms with Gasteiger partial charge in [0.2, 0.25) is 0 Å². The summed E-state index contributed by atoms with van der Waals surface area (Å²) in [5.74, 6) is 0.990. The van der Waals surface area contributed by atoms with Gasteiger partial charge in [-0.15, -0.1) is 0 Å². The van der Waals surface area contributed by atoms with Gasteiger partial charge in [-0.25, -0.2) is 0 Å². The fourth-order valence-electron chi connectivity index (χ4n) is 3.39. The van der Waals surface area contributed by atoms with Crippen LogP contribution < -0.4 is 9.64 Å². The first-order valence-electron chi connectivity index (χ1n) is 8.79. The average molecular weight is 342 g/mol. The normalized spacial score (nSPS) is 14.7. The van der Waals surface area contributed by atoms with Crippen molar-refractivity contribution in [2.24, 2.45) is 7.05 Å². The molecule has 1 amide bonds. The van der Waals surface area contributed by atoms with Crippen molar-refractivity contribution in [1.29, 1.82) is 0 Å². The minimum atomic E-state index is 0.0841. The molecule has 1 aliphatic heterocycles. The molecular formula is C19H26N4O2. The van der Waals surface area contributed by atoms with Gasteiger partial charge in [0.1, 0.15) is 5.75 Å². The molecule has 0 bridgehead atoms. The number of carbonyl (C=O) groups is 1. The molecule has 0 unspecified atom stereocenters. The zero-order valence-corrected chi connectivity index (χ0v) is 15.5. The fourth-order valence-corrected chi connectivity index (χ4v) is 3.39. The standard InChI is InChI=1S/C19H26N4O2/c1-5-25-17-9-7-6-8-16(17)22-10-12-23(13-11-22)19(24)18-14(2)20-21(4)15(18)3/h6-9H,5,10-13H2,1-4H3.